The smallest absolute Gasteiger partial charge is 0.724 e. The third kappa shape index (κ3) is 24.1. The van der Waals surface area contributed by atoms with E-state index in [2.05, 4.69) is 23.4 Å². The zero-order valence-corrected chi connectivity index (χ0v) is 19.3. The van der Waals surface area contributed by atoms with Crippen molar-refractivity contribution in [3.05, 3.63) is 12.2 Å². The van der Waals surface area contributed by atoms with Crippen LogP contribution < -0.4 is 35.0 Å². The SMILES string of the molecule is CCCCCCCC/C=C\CCCCCCCC(=O)NOS(=O)(=O)[O-].[Na+]. The Morgan fingerprint density at radius 3 is 1.85 bits per heavy atom. The van der Waals surface area contributed by atoms with Gasteiger partial charge in [0.2, 0.25) is 16.3 Å². The first-order valence-electron chi connectivity index (χ1n) is 9.54. The fourth-order valence-electron chi connectivity index (χ4n) is 2.50. The summed E-state index contributed by atoms with van der Waals surface area (Å²) in [6, 6.07) is 0. The number of amides is 1. The Morgan fingerprint density at radius 2 is 1.35 bits per heavy atom. The fraction of sp³-hybridized carbons (Fsp3) is 0.833. The summed E-state index contributed by atoms with van der Waals surface area (Å²) < 4.78 is 34.1. The number of nitrogens with one attached hydrogen (secondary N) is 1. The van der Waals surface area contributed by atoms with Crippen LogP contribution in [0.25, 0.3) is 0 Å². The number of carbonyl (C=O) groups is 1. The van der Waals surface area contributed by atoms with Crippen LogP contribution in [-0.2, 0) is 19.5 Å². The van der Waals surface area contributed by atoms with Gasteiger partial charge < -0.3 is 4.55 Å². The van der Waals surface area contributed by atoms with Gasteiger partial charge in [-0.2, -0.15) is 4.28 Å². The fourth-order valence-corrected chi connectivity index (χ4v) is 2.70. The molecule has 0 spiro atoms. The van der Waals surface area contributed by atoms with Gasteiger partial charge in [-0.25, -0.2) is 13.9 Å². The zero-order chi connectivity index (χ0) is 18.8. The molecule has 0 aliphatic heterocycles. The van der Waals surface area contributed by atoms with Gasteiger partial charge in [-0.05, 0) is 32.1 Å². The van der Waals surface area contributed by atoms with E-state index in [0.717, 1.165) is 32.1 Å². The molecule has 26 heavy (non-hydrogen) atoms. The maximum atomic E-state index is 11.2. The van der Waals surface area contributed by atoms with E-state index in [0.29, 0.717) is 6.42 Å². The topological polar surface area (TPSA) is 95.5 Å². The average Bonchev–Trinajstić information content (AvgIpc) is 2.56. The molecule has 0 unspecified atom stereocenters. The van der Waals surface area contributed by atoms with Crippen LogP contribution in [0.3, 0.4) is 0 Å². The molecule has 0 saturated carbocycles. The molecule has 0 bridgehead atoms. The van der Waals surface area contributed by atoms with Crippen molar-refractivity contribution in [2.75, 3.05) is 0 Å². The number of rotatable bonds is 17. The van der Waals surface area contributed by atoms with E-state index in [4.69, 9.17) is 0 Å². The molecule has 1 N–H and O–H groups in total. The van der Waals surface area contributed by atoms with E-state index in [-0.39, 0.29) is 36.0 Å². The molecule has 0 radical (unpaired) electrons. The van der Waals surface area contributed by atoms with Gasteiger partial charge in [0.25, 0.3) is 0 Å². The molecular formula is C18H34NNaO5S. The van der Waals surface area contributed by atoms with Crippen LogP contribution in [-0.4, -0.2) is 18.9 Å². The van der Waals surface area contributed by atoms with Crippen LogP contribution in [0.15, 0.2) is 12.2 Å². The Balaban J connectivity index is 0. The van der Waals surface area contributed by atoms with Gasteiger partial charge in [0.05, 0.1) is 0 Å². The van der Waals surface area contributed by atoms with E-state index < -0.39 is 16.3 Å². The molecule has 0 saturated heterocycles. The predicted molar refractivity (Wildman–Crippen MR) is 98.4 cm³/mol. The third-order valence-corrected chi connectivity index (χ3v) is 4.21. The Morgan fingerprint density at radius 1 is 0.885 bits per heavy atom. The summed E-state index contributed by atoms with van der Waals surface area (Å²) in [7, 11) is -4.87. The Labute approximate surface area is 181 Å². The second kappa shape index (κ2) is 19.8. The standard InChI is InChI=1S/C18H35NO5S.Na/c1-2-3-4-5-6-7-8-9-10-11-12-13-14-15-16-17-18(20)19-24-25(21,22)23;/h9-10H,2-8,11-17H2,1H3,(H,19,20)(H,21,22,23);/q;+1/p-1/b10-9-;. The van der Waals surface area contributed by atoms with Gasteiger partial charge in [0, 0.05) is 6.42 Å². The molecule has 0 rings (SSSR count). The molecule has 0 aliphatic carbocycles. The van der Waals surface area contributed by atoms with Gasteiger partial charge in [-0.3, -0.25) is 4.79 Å². The summed E-state index contributed by atoms with van der Waals surface area (Å²) in [6.45, 7) is 2.24. The molecular weight excluding hydrogens is 365 g/mol. The zero-order valence-electron chi connectivity index (χ0n) is 16.5. The molecule has 0 fully saturated rings. The minimum Gasteiger partial charge on any atom is -0.724 e. The first-order chi connectivity index (χ1) is 12.0. The van der Waals surface area contributed by atoms with Crippen LogP contribution in [0.4, 0.5) is 0 Å². The van der Waals surface area contributed by atoms with Gasteiger partial charge >= 0.3 is 29.6 Å². The Bertz CT molecular complexity index is 454. The van der Waals surface area contributed by atoms with Crippen molar-refractivity contribution in [2.24, 2.45) is 0 Å². The van der Waals surface area contributed by atoms with Crippen molar-refractivity contribution in [3.8, 4) is 0 Å². The number of hydrogen-bond acceptors (Lipinski definition) is 5. The minimum absolute atomic E-state index is 0. The predicted octanol–water partition coefficient (Wildman–Crippen LogP) is 1.54. The molecule has 0 aromatic carbocycles. The molecule has 6 nitrogen and oxygen atoms in total. The van der Waals surface area contributed by atoms with Gasteiger partial charge in [-0.15, -0.1) is 0 Å². The van der Waals surface area contributed by atoms with Gasteiger partial charge in [0.15, 0.2) is 0 Å². The maximum Gasteiger partial charge on any atom is 1.00 e. The second-order valence-electron chi connectivity index (χ2n) is 6.35. The second-order valence-corrected chi connectivity index (χ2v) is 7.33. The van der Waals surface area contributed by atoms with Crippen LogP contribution in [0.2, 0.25) is 0 Å². The summed E-state index contributed by atoms with van der Waals surface area (Å²) >= 11 is 0. The van der Waals surface area contributed by atoms with Gasteiger partial charge in [-0.1, -0.05) is 70.4 Å². The van der Waals surface area contributed by atoms with Crippen molar-refractivity contribution < 1.29 is 51.6 Å². The third-order valence-electron chi connectivity index (χ3n) is 3.92. The van der Waals surface area contributed by atoms with Crippen molar-refractivity contribution in [1.29, 1.82) is 0 Å². The number of unbranched alkanes of at least 4 members (excludes halogenated alkanes) is 11. The first-order valence-corrected chi connectivity index (χ1v) is 10.9. The van der Waals surface area contributed by atoms with Gasteiger partial charge in [0.1, 0.15) is 0 Å². The molecule has 0 aromatic heterocycles. The quantitative estimate of drug-likeness (QED) is 0.0999. The molecule has 1 amide bonds. The summed E-state index contributed by atoms with van der Waals surface area (Å²) in [4.78, 5) is 11.2. The Kier molecular flexibility index (Phi) is 21.6. The van der Waals surface area contributed by atoms with E-state index in [1.54, 1.807) is 5.48 Å². The number of allylic oxidation sites excluding steroid dienone is 2. The monoisotopic (exact) mass is 399 g/mol. The molecule has 0 aromatic rings. The van der Waals surface area contributed by atoms with Crippen LogP contribution in [0.5, 0.6) is 0 Å². The molecule has 0 aliphatic rings. The molecule has 148 valence electrons. The number of hydrogen-bond donors (Lipinski definition) is 1. The van der Waals surface area contributed by atoms with Crippen molar-refractivity contribution in [2.45, 2.75) is 96.8 Å². The summed E-state index contributed by atoms with van der Waals surface area (Å²) in [5.41, 5.74) is 1.62. The summed E-state index contributed by atoms with van der Waals surface area (Å²) in [5.74, 6) is -0.586. The van der Waals surface area contributed by atoms with Crippen LogP contribution in [0.1, 0.15) is 96.8 Å². The van der Waals surface area contributed by atoms with E-state index >= 15 is 0 Å². The van der Waals surface area contributed by atoms with Crippen molar-refractivity contribution >= 4 is 16.3 Å². The first kappa shape index (κ1) is 28.3. The number of hydroxylamine groups is 1. The van der Waals surface area contributed by atoms with E-state index in [1.807, 2.05) is 0 Å². The van der Waals surface area contributed by atoms with Crippen LogP contribution in [0, 0.1) is 0 Å². The van der Waals surface area contributed by atoms with Crippen molar-refractivity contribution in [1.82, 2.24) is 5.48 Å². The van der Waals surface area contributed by atoms with E-state index in [1.165, 1.54) is 44.9 Å². The van der Waals surface area contributed by atoms with Crippen molar-refractivity contribution in [3.63, 3.8) is 0 Å². The summed E-state index contributed by atoms with van der Waals surface area (Å²) in [6.07, 6.45) is 19.9. The van der Waals surface area contributed by atoms with E-state index in [9.17, 15) is 17.8 Å². The largest absolute Gasteiger partial charge is 1.00 e. The Hall–Kier alpha value is 0.0800. The normalized spacial score (nSPS) is 11.5. The number of carbonyl (C=O) groups excluding carboxylic acids is 1. The molecule has 0 atom stereocenters. The average molecular weight is 400 g/mol. The molecule has 0 heterocycles. The minimum atomic E-state index is -4.87. The molecule has 8 heteroatoms. The summed E-state index contributed by atoms with van der Waals surface area (Å²) in [5, 5.41) is 0. The maximum absolute atomic E-state index is 11.2. The van der Waals surface area contributed by atoms with Crippen LogP contribution >= 0.6 is 0 Å².